The molecule has 4 rings (SSSR count). The Morgan fingerprint density at radius 3 is 2.44 bits per heavy atom. The van der Waals surface area contributed by atoms with Gasteiger partial charge in [0.1, 0.15) is 11.5 Å². The molecule has 2 heterocycles. The standard InChI is InChI=1S/C26H22N2O6/c1-33-20-7-3-6-19(13-20)23(29)21-22(17-8-10-18(11-9-17)26(32)34-2)28(25(31)24(21)30)15-16-5-4-12-27-14-16/h3-14,22,29H,15H2,1-2H3/b23-21+/t22-/m1/s1. The van der Waals surface area contributed by atoms with Crippen LogP contribution in [0.2, 0.25) is 0 Å². The first-order chi connectivity index (χ1) is 16.4. The molecule has 0 unspecified atom stereocenters. The molecule has 1 aliphatic rings. The Balaban J connectivity index is 1.85. The Morgan fingerprint density at radius 1 is 1.03 bits per heavy atom. The van der Waals surface area contributed by atoms with Gasteiger partial charge in [0.15, 0.2) is 0 Å². The highest BCUT2D eigenvalue weighted by molar-refractivity contribution is 6.46. The molecule has 1 N–H and O–H groups in total. The molecule has 2 aromatic carbocycles. The van der Waals surface area contributed by atoms with Gasteiger partial charge in [0.05, 0.1) is 31.4 Å². The van der Waals surface area contributed by atoms with Crippen LogP contribution >= 0.6 is 0 Å². The first kappa shape index (κ1) is 22.7. The number of esters is 1. The zero-order valence-electron chi connectivity index (χ0n) is 18.6. The minimum atomic E-state index is -0.877. The fourth-order valence-electron chi connectivity index (χ4n) is 3.92. The van der Waals surface area contributed by atoms with Crippen LogP contribution in [0.25, 0.3) is 5.76 Å². The molecule has 0 bridgehead atoms. The van der Waals surface area contributed by atoms with Gasteiger partial charge in [-0.1, -0.05) is 30.3 Å². The van der Waals surface area contributed by atoms with Gasteiger partial charge in [0, 0.05) is 24.5 Å². The maximum atomic E-state index is 13.2. The number of pyridine rings is 1. The average molecular weight is 458 g/mol. The molecule has 1 amide bonds. The summed E-state index contributed by atoms with van der Waals surface area (Å²) in [4.78, 5) is 43.6. The van der Waals surface area contributed by atoms with Gasteiger partial charge in [-0.25, -0.2) is 4.79 Å². The van der Waals surface area contributed by atoms with E-state index in [0.717, 1.165) is 5.56 Å². The van der Waals surface area contributed by atoms with E-state index in [1.54, 1.807) is 73.1 Å². The zero-order chi connectivity index (χ0) is 24.2. The summed E-state index contributed by atoms with van der Waals surface area (Å²) in [5, 5.41) is 11.2. The zero-order valence-corrected chi connectivity index (χ0v) is 18.6. The molecule has 8 heteroatoms. The van der Waals surface area contributed by atoms with Crippen LogP contribution in [-0.4, -0.2) is 46.9 Å². The molecule has 0 spiro atoms. The summed E-state index contributed by atoms with van der Waals surface area (Å²) < 4.78 is 9.98. The van der Waals surface area contributed by atoms with Crippen molar-refractivity contribution in [3.8, 4) is 5.75 Å². The van der Waals surface area contributed by atoms with E-state index in [9.17, 15) is 19.5 Å². The predicted octanol–water partition coefficient (Wildman–Crippen LogP) is 3.50. The number of hydrogen-bond acceptors (Lipinski definition) is 7. The fraction of sp³-hybridized carbons (Fsp3) is 0.154. The van der Waals surface area contributed by atoms with Crippen molar-refractivity contribution in [1.29, 1.82) is 0 Å². The van der Waals surface area contributed by atoms with Gasteiger partial charge in [-0.15, -0.1) is 0 Å². The van der Waals surface area contributed by atoms with E-state index in [-0.39, 0.29) is 17.9 Å². The summed E-state index contributed by atoms with van der Waals surface area (Å²) in [5.74, 6) is -1.87. The third kappa shape index (κ3) is 4.25. The van der Waals surface area contributed by atoms with Crippen LogP contribution < -0.4 is 4.74 Å². The number of carbonyl (C=O) groups is 3. The molecule has 1 aliphatic heterocycles. The highest BCUT2D eigenvalue weighted by atomic mass is 16.5. The van der Waals surface area contributed by atoms with E-state index in [4.69, 9.17) is 9.47 Å². The van der Waals surface area contributed by atoms with Gasteiger partial charge >= 0.3 is 5.97 Å². The largest absolute Gasteiger partial charge is 0.507 e. The smallest absolute Gasteiger partial charge is 0.337 e. The van der Waals surface area contributed by atoms with Gasteiger partial charge in [0.25, 0.3) is 11.7 Å². The summed E-state index contributed by atoms with van der Waals surface area (Å²) in [5.41, 5.74) is 1.90. The van der Waals surface area contributed by atoms with Crippen LogP contribution in [0.15, 0.2) is 78.6 Å². The SMILES string of the molecule is COC(=O)c1ccc([C@@H]2/C(=C(\O)c3cccc(OC)c3)C(=O)C(=O)N2Cc2cccnc2)cc1. The number of aliphatic hydroxyl groups is 1. The number of aliphatic hydroxyl groups excluding tert-OH is 1. The minimum Gasteiger partial charge on any atom is -0.507 e. The molecule has 34 heavy (non-hydrogen) atoms. The van der Waals surface area contributed by atoms with E-state index >= 15 is 0 Å². The van der Waals surface area contributed by atoms with Crippen LogP contribution in [0.5, 0.6) is 5.75 Å². The van der Waals surface area contributed by atoms with Crippen LogP contribution in [0.3, 0.4) is 0 Å². The molecule has 172 valence electrons. The molecule has 1 atom stereocenters. The van der Waals surface area contributed by atoms with Gasteiger partial charge in [-0.3, -0.25) is 14.6 Å². The second kappa shape index (κ2) is 9.58. The molecule has 8 nitrogen and oxygen atoms in total. The number of nitrogens with zero attached hydrogens (tertiary/aromatic N) is 2. The van der Waals surface area contributed by atoms with Crippen molar-refractivity contribution >= 4 is 23.4 Å². The van der Waals surface area contributed by atoms with Gasteiger partial charge in [0.2, 0.25) is 0 Å². The maximum absolute atomic E-state index is 13.2. The molecule has 1 saturated heterocycles. The lowest BCUT2D eigenvalue weighted by Crippen LogP contribution is -2.29. The number of methoxy groups -OCH3 is 2. The van der Waals surface area contributed by atoms with Crippen molar-refractivity contribution < 1.29 is 29.0 Å². The Hall–Kier alpha value is -4.46. The second-order valence-electron chi connectivity index (χ2n) is 7.63. The number of Topliss-reactive ketones (excluding diaryl/α,β-unsaturated/α-hetero) is 1. The lowest BCUT2D eigenvalue weighted by molar-refractivity contribution is -0.140. The van der Waals surface area contributed by atoms with Crippen LogP contribution in [0.4, 0.5) is 0 Å². The number of carbonyl (C=O) groups excluding carboxylic acids is 3. The van der Waals surface area contributed by atoms with Crippen LogP contribution in [0.1, 0.15) is 33.1 Å². The predicted molar refractivity (Wildman–Crippen MR) is 123 cm³/mol. The number of ketones is 1. The number of ether oxygens (including phenoxy) is 2. The summed E-state index contributed by atoms with van der Waals surface area (Å²) in [7, 11) is 2.78. The molecule has 0 aliphatic carbocycles. The monoisotopic (exact) mass is 458 g/mol. The number of benzene rings is 2. The average Bonchev–Trinajstić information content (AvgIpc) is 3.13. The molecular formula is C26H22N2O6. The Labute approximate surface area is 196 Å². The van der Waals surface area contributed by atoms with Crippen molar-refractivity contribution in [3.63, 3.8) is 0 Å². The number of hydrogen-bond donors (Lipinski definition) is 1. The highest BCUT2D eigenvalue weighted by Gasteiger charge is 2.46. The molecule has 0 radical (unpaired) electrons. The summed E-state index contributed by atoms with van der Waals surface area (Å²) >= 11 is 0. The Bertz CT molecular complexity index is 1270. The molecule has 1 aromatic heterocycles. The lowest BCUT2D eigenvalue weighted by atomic mass is 9.94. The topological polar surface area (TPSA) is 106 Å². The van der Waals surface area contributed by atoms with E-state index in [2.05, 4.69) is 4.98 Å². The van der Waals surface area contributed by atoms with E-state index in [1.165, 1.54) is 19.1 Å². The Kier molecular flexibility index (Phi) is 6.40. The van der Waals surface area contributed by atoms with E-state index in [1.807, 2.05) is 0 Å². The van der Waals surface area contributed by atoms with E-state index in [0.29, 0.717) is 22.4 Å². The summed E-state index contributed by atoms with van der Waals surface area (Å²) in [6.45, 7) is 0.108. The normalized spacial score (nSPS) is 17.0. The summed E-state index contributed by atoms with van der Waals surface area (Å²) in [6, 6.07) is 15.6. The Morgan fingerprint density at radius 2 is 1.79 bits per heavy atom. The van der Waals surface area contributed by atoms with Crippen molar-refractivity contribution in [2.45, 2.75) is 12.6 Å². The van der Waals surface area contributed by atoms with Gasteiger partial charge < -0.3 is 19.5 Å². The van der Waals surface area contributed by atoms with Crippen molar-refractivity contribution in [3.05, 3.63) is 101 Å². The molecular weight excluding hydrogens is 436 g/mol. The molecule has 3 aromatic rings. The number of likely N-dealkylation sites (tertiary alicyclic amines) is 1. The van der Waals surface area contributed by atoms with Gasteiger partial charge in [-0.2, -0.15) is 0 Å². The fourth-order valence-corrected chi connectivity index (χ4v) is 3.92. The number of rotatable bonds is 6. The second-order valence-corrected chi connectivity index (χ2v) is 7.63. The van der Waals surface area contributed by atoms with Crippen molar-refractivity contribution in [1.82, 2.24) is 9.88 Å². The first-order valence-corrected chi connectivity index (χ1v) is 10.4. The molecule has 0 saturated carbocycles. The van der Waals surface area contributed by atoms with Gasteiger partial charge in [-0.05, 0) is 41.5 Å². The summed E-state index contributed by atoms with van der Waals surface area (Å²) in [6.07, 6.45) is 3.22. The number of amides is 1. The van der Waals surface area contributed by atoms with Crippen molar-refractivity contribution in [2.24, 2.45) is 0 Å². The first-order valence-electron chi connectivity index (χ1n) is 10.4. The number of aromatic nitrogens is 1. The molecule has 1 fully saturated rings. The lowest BCUT2D eigenvalue weighted by Gasteiger charge is -2.25. The third-order valence-electron chi connectivity index (χ3n) is 5.61. The highest BCUT2D eigenvalue weighted by Crippen LogP contribution is 2.40. The minimum absolute atomic E-state index is 0.0482. The van der Waals surface area contributed by atoms with Crippen molar-refractivity contribution in [2.75, 3.05) is 14.2 Å². The van der Waals surface area contributed by atoms with Crippen LogP contribution in [-0.2, 0) is 20.9 Å². The van der Waals surface area contributed by atoms with Crippen LogP contribution in [0, 0.1) is 0 Å². The van der Waals surface area contributed by atoms with E-state index < -0.39 is 23.7 Å². The third-order valence-corrected chi connectivity index (χ3v) is 5.61. The maximum Gasteiger partial charge on any atom is 0.337 e. The quantitative estimate of drug-likeness (QED) is 0.261.